The number of benzene rings is 2. The second kappa shape index (κ2) is 6.22. The van der Waals surface area contributed by atoms with Gasteiger partial charge in [0.2, 0.25) is 0 Å². The summed E-state index contributed by atoms with van der Waals surface area (Å²) >= 11 is 0. The van der Waals surface area contributed by atoms with E-state index in [1.54, 1.807) is 6.08 Å². The summed E-state index contributed by atoms with van der Waals surface area (Å²) in [5.74, 6) is -1.22. The molecule has 3 nitrogen and oxygen atoms in total. The molecule has 0 saturated heterocycles. The molecule has 21 heavy (non-hydrogen) atoms. The molecule has 0 aromatic heterocycles. The van der Waals surface area contributed by atoms with Gasteiger partial charge in [-0.3, -0.25) is 4.79 Å². The Morgan fingerprint density at radius 1 is 1.14 bits per heavy atom. The molecule has 2 aromatic rings. The molecule has 0 heterocycles. The van der Waals surface area contributed by atoms with Gasteiger partial charge >= 0.3 is 0 Å². The number of carbonyl (C=O) groups excluding carboxylic acids is 1. The Labute approximate surface area is 123 Å². The van der Waals surface area contributed by atoms with Gasteiger partial charge in [0.1, 0.15) is 11.6 Å². The number of aromatic hydroxyl groups is 1. The number of nitrogens with zero attached hydrogens (tertiary/aromatic N) is 1. The van der Waals surface area contributed by atoms with E-state index >= 15 is 0 Å². The highest BCUT2D eigenvalue weighted by Gasteiger charge is 2.09. The van der Waals surface area contributed by atoms with Crippen molar-refractivity contribution in [3.05, 3.63) is 65.5 Å². The SMILES string of the molecule is CN(C)c1ccc(C=CC(=O)c2cc(F)ccc2O)cc1. The molecule has 0 fully saturated rings. The Morgan fingerprint density at radius 3 is 2.43 bits per heavy atom. The highest BCUT2D eigenvalue weighted by atomic mass is 19.1. The van der Waals surface area contributed by atoms with Crippen molar-refractivity contribution in [3.63, 3.8) is 0 Å². The summed E-state index contributed by atoms with van der Waals surface area (Å²) in [6.45, 7) is 0. The lowest BCUT2D eigenvalue weighted by atomic mass is 10.1. The van der Waals surface area contributed by atoms with Crippen molar-refractivity contribution in [1.82, 2.24) is 0 Å². The van der Waals surface area contributed by atoms with Crippen LogP contribution in [-0.4, -0.2) is 25.0 Å². The van der Waals surface area contributed by atoms with Gasteiger partial charge in [0.15, 0.2) is 5.78 Å². The number of phenolic OH excluding ortho intramolecular Hbond substituents is 1. The maximum Gasteiger partial charge on any atom is 0.189 e. The molecule has 4 heteroatoms. The Balaban J connectivity index is 2.16. The molecule has 1 N–H and O–H groups in total. The van der Waals surface area contributed by atoms with Crippen molar-refractivity contribution in [2.24, 2.45) is 0 Å². The Morgan fingerprint density at radius 2 is 1.81 bits per heavy atom. The summed E-state index contributed by atoms with van der Waals surface area (Å²) in [5, 5.41) is 9.57. The fraction of sp³-hybridized carbons (Fsp3) is 0.118. The lowest BCUT2D eigenvalue weighted by Gasteiger charge is -2.11. The number of anilines is 1. The predicted molar refractivity (Wildman–Crippen MR) is 82.2 cm³/mol. The minimum Gasteiger partial charge on any atom is -0.507 e. The van der Waals surface area contributed by atoms with Crippen LogP contribution in [0.1, 0.15) is 15.9 Å². The Hall–Kier alpha value is -2.62. The minimum atomic E-state index is -0.556. The Kier molecular flexibility index (Phi) is 4.38. The molecule has 0 saturated carbocycles. The third kappa shape index (κ3) is 3.69. The molecule has 0 amide bonds. The fourth-order valence-electron chi connectivity index (χ4n) is 1.85. The lowest BCUT2D eigenvalue weighted by molar-refractivity contribution is 0.104. The minimum absolute atomic E-state index is 0.0452. The number of hydrogen-bond donors (Lipinski definition) is 1. The van der Waals surface area contributed by atoms with Gasteiger partial charge in [-0.05, 0) is 42.0 Å². The van der Waals surface area contributed by atoms with Crippen LogP contribution in [0.3, 0.4) is 0 Å². The maximum absolute atomic E-state index is 13.1. The average molecular weight is 285 g/mol. The van der Waals surface area contributed by atoms with Crippen LogP contribution in [0.25, 0.3) is 6.08 Å². The van der Waals surface area contributed by atoms with E-state index in [-0.39, 0.29) is 11.3 Å². The van der Waals surface area contributed by atoms with Crippen LogP contribution in [0.4, 0.5) is 10.1 Å². The van der Waals surface area contributed by atoms with Gasteiger partial charge in [0.05, 0.1) is 5.56 Å². The molecule has 0 aliphatic rings. The lowest BCUT2D eigenvalue weighted by Crippen LogP contribution is -2.07. The van der Waals surface area contributed by atoms with Crippen LogP contribution >= 0.6 is 0 Å². The van der Waals surface area contributed by atoms with Gasteiger partial charge in [0, 0.05) is 19.8 Å². The summed E-state index contributed by atoms with van der Waals surface area (Å²) in [4.78, 5) is 13.9. The first-order chi connectivity index (χ1) is 9.97. The smallest absolute Gasteiger partial charge is 0.189 e. The molecular weight excluding hydrogens is 269 g/mol. The van der Waals surface area contributed by atoms with Crippen molar-refractivity contribution in [1.29, 1.82) is 0 Å². The maximum atomic E-state index is 13.1. The van der Waals surface area contributed by atoms with Crippen molar-refractivity contribution < 1.29 is 14.3 Å². The summed E-state index contributed by atoms with van der Waals surface area (Å²) in [7, 11) is 3.89. The molecule has 2 rings (SSSR count). The van der Waals surface area contributed by atoms with E-state index in [0.29, 0.717) is 0 Å². The van der Waals surface area contributed by atoms with Gasteiger partial charge < -0.3 is 10.0 Å². The first kappa shape index (κ1) is 14.8. The highest BCUT2D eigenvalue weighted by Crippen LogP contribution is 2.19. The second-order valence-corrected chi connectivity index (χ2v) is 4.85. The topological polar surface area (TPSA) is 40.5 Å². The van der Waals surface area contributed by atoms with Crippen LogP contribution in [-0.2, 0) is 0 Å². The number of hydrogen-bond acceptors (Lipinski definition) is 3. The number of ketones is 1. The fourth-order valence-corrected chi connectivity index (χ4v) is 1.85. The molecule has 0 spiro atoms. The van der Waals surface area contributed by atoms with E-state index < -0.39 is 11.6 Å². The number of halogens is 1. The van der Waals surface area contributed by atoms with E-state index in [2.05, 4.69) is 0 Å². The van der Waals surface area contributed by atoms with Gasteiger partial charge in [-0.15, -0.1) is 0 Å². The normalized spacial score (nSPS) is 10.8. The standard InChI is InChI=1S/C17H16FNO2/c1-19(2)14-7-3-12(4-8-14)5-9-16(20)15-11-13(18)6-10-17(15)21/h3-11,21H,1-2H3. The van der Waals surface area contributed by atoms with Crippen molar-refractivity contribution in [2.45, 2.75) is 0 Å². The van der Waals surface area contributed by atoms with E-state index in [0.717, 1.165) is 23.4 Å². The molecule has 0 bridgehead atoms. The molecule has 0 aliphatic carbocycles. The van der Waals surface area contributed by atoms with Crippen LogP contribution < -0.4 is 4.90 Å². The molecular formula is C17H16FNO2. The van der Waals surface area contributed by atoms with E-state index in [4.69, 9.17) is 0 Å². The third-order valence-corrected chi connectivity index (χ3v) is 3.06. The molecule has 0 atom stereocenters. The number of phenols is 1. The van der Waals surface area contributed by atoms with Gasteiger partial charge in [-0.2, -0.15) is 0 Å². The van der Waals surface area contributed by atoms with Crippen LogP contribution in [0, 0.1) is 5.82 Å². The molecule has 0 aliphatic heterocycles. The molecule has 0 radical (unpaired) electrons. The quantitative estimate of drug-likeness (QED) is 0.690. The monoisotopic (exact) mass is 285 g/mol. The third-order valence-electron chi connectivity index (χ3n) is 3.06. The van der Waals surface area contributed by atoms with Crippen molar-refractivity contribution >= 4 is 17.5 Å². The molecule has 0 unspecified atom stereocenters. The highest BCUT2D eigenvalue weighted by molar-refractivity contribution is 6.08. The largest absolute Gasteiger partial charge is 0.507 e. The van der Waals surface area contributed by atoms with Crippen LogP contribution in [0.5, 0.6) is 5.75 Å². The zero-order chi connectivity index (χ0) is 15.4. The van der Waals surface area contributed by atoms with E-state index in [1.807, 2.05) is 43.3 Å². The predicted octanol–water partition coefficient (Wildman–Crippen LogP) is 3.49. The van der Waals surface area contributed by atoms with Crippen LogP contribution in [0.15, 0.2) is 48.5 Å². The zero-order valence-corrected chi connectivity index (χ0v) is 11.9. The molecule has 2 aromatic carbocycles. The summed E-state index contributed by atoms with van der Waals surface area (Å²) in [5.41, 5.74) is 1.86. The number of allylic oxidation sites excluding steroid dienone is 1. The zero-order valence-electron chi connectivity index (χ0n) is 11.9. The Bertz CT molecular complexity index is 676. The van der Waals surface area contributed by atoms with Crippen LogP contribution in [0.2, 0.25) is 0 Å². The van der Waals surface area contributed by atoms with Gasteiger partial charge in [0.25, 0.3) is 0 Å². The summed E-state index contributed by atoms with van der Waals surface area (Å²) in [6, 6.07) is 10.9. The summed E-state index contributed by atoms with van der Waals surface area (Å²) < 4.78 is 13.1. The van der Waals surface area contributed by atoms with E-state index in [1.165, 1.54) is 12.1 Å². The van der Waals surface area contributed by atoms with Crippen molar-refractivity contribution in [3.8, 4) is 5.75 Å². The first-order valence-electron chi connectivity index (χ1n) is 6.45. The average Bonchev–Trinajstić information content (AvgIpc) is 2.47. The van der Waals surface area contributed by atoms with Gasteiger partial charge in [-0.1, -0.05) is 18.2 Å². The summed E-state index contributed by atoms with van der Waals surface area (Å²) in [6.07, 6.45) is 2.95. The van der Waals surface area contributed by atoms with E-state index in [9.17, 15) is 14.3 Å². The van der Waals surface area contributed by atoms with Gasteiger partial charge in [-0.25, -0.2) is 4.39 Å². The number of carbonyl (C=O) groups is 1. The second-order valence-electron chi connectivity index (χ2n) is 4.85. The number of rotatable bonds is 4. The molecule has 108 valence electrons. The first-order valence-corrected chi connectivity index (χ1v) is 6.45. The van der Waals surface area contributed by atoms with Crippen molar-refractivity contribution in [2.75, 3.05) is 19.0 Å².